The minimum atomic E-state index is 0.105. The highest BCUT2D eigenvalue weighted by molar-refractivity contribution is 6.31. The quantitative estimate of drug-likeness (QED) is 0.524. The molecule has 1 aliphatic rings. The van der Waals surface area contributed by atoms with Crippen LogP contribution in [-0.4, -0.2) is 54.1 Å². The van der Waals surface area contributed by atoms with Gasteiger partial charge in [-0.2, -0.15) is 4.98 Å². The summed E-state index contributed by atoms with van der Waals surface area (Å²) < 4.78 is 11.4. The van der Waals surface area contributed by atoms with Crippen LogP contribution in [0.4, 0.5) is 23.0 Å². The number of anilines is 4. The van der Waals surface area contributed by atoms with Gasteiger partial charge in [0.1, 0.15) is 10.8 Å². The van der Waals surface area contributed by atoms with Gasteiger partial charge in [-0.1, -0.05) is 23.7 Å². The lowest BCUT2D eigenvalue weighted by atomic mass is 10.2. The van der Waals surface area contributed by atoms with Crippen LogP contribution in [0.3, 0.4) is 0 Å². The number of carbonyl (C=O) groups is 1. The molecule has 3 aromatic rings. The number of rotatable bonds is 6. The molecular weight excluding hydrogens is 444 g/mol. The van der Waals surface area contributed by atoms with E-state index in [-0.39, 0.29) is 16.8 Å². The SMILES string of the molecule is COc1cc(N2CCN(C(C)=O)CC2)ccc1Nc1ncc(Cl)c(Oc2ccccc2N)n1. The number of halogens is 1. The average molecular weight is 469 g/mol. The van der Waals surface area contributed by atoms with E-state index in [1.54, 1.807) is 26.2 Å². The Morgan fingerprint density at radius 2 is 1.88 bits per heavy atom. The number of nitrogens with zero attached hydrogens (tertiary/aromatic N) is 4. The van der Waals surface area contributed by atoms with Gasteiger partial charge in [0.05, 0.1) is 24.7 Å². The first kappa shape index (κ1) is 22.5. The van der Waals surface area contributed by atoms with Crippen molar-refractivity contribution in [2.75, 3.05) is 49.2 Å². The maximum atomic E-state index is 11.6. The fourth-order valence-corrected chi connectivity index (χ4v) is 3.67. The van der Waals surface area contributed by atoms with Gasteiger partial charge in [0.15, 0.2) is 5.75 Å². The minimum Gasteiger partial charge on any atom is -0.494 e. The maximum absolute atomic E-state index is 11.6. The summed E-state index contributed by atoms with van der Waals surface area (Å²) in [4.78, 5) is 24.3. The number of para-hydroxylation sites is 2. The predicted molar refractivity (Wildman–Crippen MR) is 129 cm³/mol. The maximum Gasteiger partial charge on any atom is 0.243 e. The Bertz CT molecular complexity index is 1150. The lowest BCUT2D eigenvalue weighted by Crippen LogP contribution is -2.48. The highest BCUT2D eigenvalue weighted by atomic mass is 35.5. The number of piperazine rings is 1. The van der Waals surface area contributed by atoms with Gasteiger partial charge in [0, 0.05) is 44.9 Å². The molecule has 0 atom stereocenters. The van der Waals surface area contributed by atoms with Gasteiger partial charge in [-0.3, -0.25) is 4.79 Å². The van der Waals surface area contributed by atoms with Crippen molar-refractivity contribution in [1.82, 2.24) is 14.9 Å². The third kappa shape index (κ3) is 5.20. The molecule has 0 bridgehead atoms. The van der Waals surface area contributed by atoms with Crippen molar-refractivity contribution in [1.29, 1.82) is 0 Å². The second-order valence-electron chi connectivity index (χ2n) is 7.49. The molecule has 4 rings (SSSR count). The zero-order chi connectivity index (χ0) is 23.4. The van der Waals surface area contributed by atoms with Gasteiger partial charge in [-0.15, -0.1) is 0 Å². The molecule has 0 spiro atoms. The summed E-state index contributed by atoms with van der Waals surface area (Å²) >= 11 is 6.22. The molecule has 1 fully saturated rings. The molecule has 0 unspecified atom stereocenters. The highest BCUT2D eigenvalue weighted by Crippen LogP contribution is 2.34. The first-order chi connectivity index (χ1) is 15.9. The molecule has 0 radical (unpaired) electrons. The highest BCUT2D eigenvalue weighted by Gasteiger charge is 2.20. The number of methoxy groups -OCH3 is 1. The normalized spacial score (nSPS) is 13.5. The van der Waals surface area contributed by atoms with Crippen molar-refractivity contribution < 1.29 is 14.3 Å². The van der Waals surface area contributed by atoms with E-state index in [9.17, 15) is 4.79 Å². The summed E-state index contributed by atoms with van der Waals surface area (Å²) in [6, 6.07) is 12.9. The largest absolute Gasteiger partial charge is 0.494 e. The van der Waals surface area contributed by atoms with E-state index in [1.807, 2.05) is 35.2 Å². The monoisotopic (exact) mass is 468 g/mol. The molecule has 1 aromatic heterocycles. The number of aromatic nitrogens is 2. The van der Waals surface area contributed by atoms with Crippen LogP contribution in [0.5, 0.6) is 17.4 Å². The number of hydrogen-bond donors (Lipinski definition) is 2. The Morgan fingerprint density at radius 1 is 1.12 bits per heavy atom. The van der Waals surface area contributed by atoms with Crippen LogP contribution in [0, 0.1) is 0 Å². The molecule has 0 saturated carbocycles. The van der Waals surface area contributed by atoms with Crippen molar-refractivity contribution in [2.24, 2.45) is 0 Å². The minimum absolute atomic E-state index is 0.105. The summed E-state index contributed by atoms with van der Waals surface area (Å²) in [6.07, 6.45) is 1.46. The Kier molecular flexibility index (Phi) is 6.69. The van der Waals surface area contributed by atoms with Gasteiger partial charge in [-0.05, 0) is 24.3 Å². The third-order valence-corrected chi connectivity index (χ3v) is 5.62. The summed E-state index contributed by atoms with van der Waals surface area (Å²) in [5.41, 5.74) is 8.13. The van der Waals surface area contributed by atoms with Crippen LogP contribution >= 0.6 is 11.6 Å². The second-order valence-corrected chi connectivity index (χ2v) is 7.90. The van der Waals surface area contributed by atoms with E-state index in [4.69, 9.17) is 26.8 Å². The van der Waals surface area contributed by atoms with Crippen molar-refractivity contribution in [3.05, 3.63) is 53.7 Å². The van der Waals surface area contributed by atoms with Crippen LogP contribution in [-0.2, 0) is 4.79 Å². The summed E-state index contributed by atoms with van der Waals surface area (Å²) in [7, 11) is 1.60. The molecule has 33 heavy (non-hydrogen) atoms. The fourth-order valence-electron chi connectivity index (χ4n) is 3.54. The number of nitrogen functional groups attached to an aromatic ring is 1. The van der Waals surface area contributed by atoms with E-state index in [0.717, 1.165) is 18.8 Å². The number of nitrogens with one attached hydrogen (secondary N) is 1. The number of benzene rings is 2. The van der Waals surface area contributed by atoms with Crippen LogP contribution in [0.25, 0.3) is 0 Å². The topological polar surface area (TPSA) is 106 Å². The zero-order valence-corrected chi connectivity index (χ0v) is 19.2. The van der Waals surface area contributed by atoms with E-state index < -0.39 is 0 Å². The van der Waals surface area contributed by atoms with E-state index >= 15 is 0 Å². The molecule has 172 valence electrons. The average Bonchev–Trinajstić information content (AvgIpc) is 2.83. The molecule has 10 heteroatoms. The van der Waals surface area contributed by atoms with Gasteiger partial charge < -0.3 is 30.3 Å². The third-order valence-electron chi connectivity index (χ3n) is 5.36. The van der Waals surface area contributed by atoms with Crippen molar-refractivity contribution in [2.45, 2.75) is 6.92 Å². The Balaban J connectivity index is 1.51. The van der Waals surface area contributed by atoms with Crippen LogP contribution in [0.15, 0.2) is 48.7 Å². The van der Waals surface area contributed by atoms with E-state index in [2.05, 4.69) is 20.2 Å². The first-order valence-corrected chi connectivity index (χ1v) is 10.8. The Labute approximate surface area is 197 Å². The van der Waals surface area contributed by atoms with Gasteiger partial charge >= 0.3 is 0 Å². The molecule has 2 aromatic carbocycles. The number of amides is 1. The molecule has 0 aliphatic carbocycles. The van der Waals surface area contributed by atoms with Gasteiger partial charge in [-0.25, -0.2) is 4.98 Å². The summed E-state index contributed by atoms with van der Waals surface area (Å²) in [5, 5.41) is 3.42. The van der Waals surface area contributed by atoms with Crippen molar-refractivity contribution >= 4 is 40.5 Å². The van der Waals surface area contributed by atoms with Crippen molar-refractivity contribution in [3.8, 4) is 17.4 Å². The standard InChI is InChI=1S/C23H25ClN6O3/c1-15(31)29-9-11-30(12-10-29)16-7-8-19(21(13-16)32-2)27-23-26-14-17(24)22(28-23)33-20-6-4-3-5-18(20)25/h3-8,13-14H,9-12,25H2,1-2H3,(H,26,27,28). The molecule has 3 N–H and O–H groups in total. The zero-order valence-electron chi connectivity index (χ0n) is 18.4. The van der Waals surface area contributed by atoms with Gasteiger partial charge in [0.25, 0.3) is 0 Å². The van der Waals surface area contributed by atoms with Gasteiger partial charge in [0.2, 0.25) is 17.7 Å². The number of carbonyl (C=O) groups excluding carboxylic acids is 1. The number of nitrogens with two attached hydrogens (primary N) is 1. The smallest absolute Gasteiger partial charge is 0.243 e. The molecule has 9 nitrogen and oxygen atoms in total. The van der Waals surface area contributed by atoms with Crippen LogP contribution < -0.4 is 25.4 Å². The van der Waals surface area contributed by atoms with Crippen molar-refractivity contribution in [3.63, 3.8) is 0 Å². The van der Waals surface area contributed by atoms with Crippen LogP contribution in [0.1, 0.15) is 6.92 Å². The molecular formula is C23H25ClN6O3. The Hall–Kier alpha value is -3.72. The predicted octanol–water partition coefficient (Wildman–Crippen LogP) is 3.93. The molecule has 1 aliphatic heterocycles. The summed E-state index contributed by atoms with van der Waals surface area (Å²) in [6.45, 7) is 4.53. The van der Waals surface area contributed by atoms with Crippen LogP contribution in [0.2, 0.25) is 5.02 Å². The molecule has 1 saturated heterocycles. The van der Waals surface area contributed by atoms with E-state index in [0.29, 0.717) is 41.9 Å². The first-order valence-electron chi connectivity index (χ1n) is 10.4. The fraction of sp³-hybridized carbons (Fsp3) is 0.261. The summed E-state index contributed by atoms with van der Waals surface area (Å²) in [5.74, 6) is 1.68. The second kappa shape index (κ2) is 9.83. The molecule has 2 heterocycles. The lowest BCUT2D eigenvalue weighted by Gasteiger charge is -2.35. The Morgan fingerprint density at radius 3 is 2.58 bits per heavy atom. The van der Waals surface area contributed by atoms with E-state index in [1.165, 1.54) is 6.20 Å². The molecule has 1 amide bonds. The lowest BCUT2D eigenvalue weighted by molar-refractivity contribution is -0.129. The number of ether oxygens (including phenoxy) is 2. The number of hydrogen-bond acceptors (Lipinski definition) is 8.